The Hall–Kier alpha value is -0.770. The van der Waals surface area contributed by atoms with Gasteiger partial charge in [-0.2, -0.15) is 0 Å². The highest BCUT2D eigenvalue weighted by Crippen LogP contribution is 2.39. The molecule has 1 heterocycles. The van der Waals surface area contributed by atoms with Crippen LogP contribution in [0.3, 0.4) is 0 Å². The second kappa shape index (κ2) is 6.03. The molecule has 5 atom stereocenters. The Morgan fingerprint density at radius 2 is 1.86 bits per heavy atom. The van der Waals surface area contributed by atoms with Crippen molar-refractivity contribution in [1.29, 1.82) is 0 Å². The van der Waals surface area contributed by atoms with Gasteiger partial charge in [0, 0.05) is 24.7 Å². The van der Waals surface area contributed by atoms with Crippen LogP contribution in [0.15, 0.2) is 0 Å². The zero-order chi connectivity index (χ0) is 15.9. The summed E-state index contributed by atoms with van der Waals surface area (Å²) in [6.45, 7) is 9.03. The van der Waals surface area contributed by atoms with Gasteiger partial charge in [0.05, 0.1) is 0 Å². The lowest BCUT2D eigenvalue weighted by atomic mass is 9.92. The fourth-order valence-corrected chi connectivity index (χ4v) is 4.27. The molecule has 4 heteroatoms. The molecule has 2 saturated carbocycles. The van der Waals surface area contributed by atoms with Gasteiger partial charge in [-0.1, -0.05) is 13.3 Å². The molecule has 0 bridgehead atoms. The van der Waals surface area contributed by atoms with E-state index in [0.29, 0.717) is 18.0 Å². The third-order valence-electron chi connectivity index (χ3n) is 5.53. The van der Waals surface area contributed by atoms with E-state index in [1.165, 1.54) is 25.7 Å². The van der Waals surface area contributed by atoms with Crippen LogP contribution < -0.4 is 5.32 Å². The molecule has 22 heavy (non-hydrogen) atoms. The van der Waals surface area contributed by atoms with Crippen LogP contribution in [0.25, 0.3) is 0 Å². The van der Waals surface area contributed by atoms with Crippen molar-refractivity contribution in [3.63, 3.8) is 0 Å². The number of amides is 1. The average molecular weight is 308 g/mol. The third-order valence-corrected chi connectivity index (χ3v) is 5.53. The third kappa shape index (κ3) is 3.58. The van der Waals surface area contributed by atoms with Gasteiger partial charge in [0.15, 0.2) is 0 Å². The summed E-state index contributed by atoms with van der Waals surface area (Å²) in [4.78, 5) is 14.5. The van der Waals surface area contributed by atoms with E-state index in [1.807, 2.05) is 25.7 Å². The summed E-state index contributed by atoms with van der Waals surface area (Å²) >= 11 is 0. The van der Waals surface area contributed by atoms with Crippen LogP contribution in [0.1, 0.15) is 66.2 Å². The maximum absolute atomic E-state index is 12.5. The minimum atomic E-state index is -0.402. The zero-order valence-electron chi connectivity index (χ0n) is 14.6. The highest BCUT2D eigenvalue weighted by molar-refractivity contribution is 5.69. The van der Waals surface area contributed by atoms with Crippen molar-refractivity contribution in [3.05, 3.63) is 0 Å². The standard InChI is InChI=1S/C18H32N2O2/c1-12-11-15(12)19-14-8-5-7-13(14)16-9-6-10-20(16)17(21)22-18(2,3)4/h12-16,19H,5-11H2,1-4H3. The first kappa shape index (κ1) is 16.1. The predicted octanol–water partition coefficient (Wildman–Crippen LogP) is 3.55. The van der Waals surface area contributed by atoms with Gasteiger partial charge in [-0.05, 0) is 64.7 Å². The smallest absolute Gasteiger partial charge is 0.410 e. The van der Waals surface area contributed by atoms with Gasteiger partial charge in [0.2, 0.25) is 0 Å². The van der Waals surface area contributed by atoms with Gasteiger partial charge in [0.25, 0.3) is 0 Å². The fraction of sp³-hybridized carbons (Fsp3) is 0.944. The van der Waals surface area contributed by atoms with Crippen molar-refractivity contribution in [3.8, 4) is 0 Å². The number of likely N-dealkylation sites (tertiary alicyclic amines) is 1. The molecular weight excluding hydrogens is 276 g/mol. The molecule has 3 rings (SSSR count). The molecule has 126 valence electrons. The monoisotopic (exact) mass is 308 g/mol. The second-order valence-electron chi connectivity index (χ2n) is 8.57. The number of hydrogen-bond donors (Lipinski definition) is 1. The Morgan fingerprint density at radius 1 is 1.14 bits per heavy atom. The predicted molar refractivity (Wildman–Crippen MR) is 87.8 cm³/mol. The fourth-order valence-electron chi connectivity index (χ4n) is 4.27. The van der Waals surface area contributed by atoms with Crippen LogP contribution in [0.2, 0.25) is 0 Å². The molecule has 1 saturated heterocycles. The number of nitrogens with zero attached hydrogens (tertiary/aromatic N) is 1. The number of carbonyl (C=O) groups excluding carboxylic acids is 1. The van der Waals surface area contributed by atoms with E-state index < -0.39 is 5.60 Å². The molecule has 0 radical (unpaired) electrons. The van der Waals surface area contributed by atoms with E-state index in [1.54, 1.807) is 0 Å². The molecule has 3 fully saturated rings. The van der Waals surface area contributed by atoms with Gasteiger partial charge in [-0.25, -0.2) is 4.79 Å². The van der Waals surface area contributed by atoms with E-state index in [2.05, 4.69) is 12.2 Å². The van der Waals surface area contributed by atoms with Crippen LogP contribution in [0.4, 0.5) is 4.79 Å². The van der Waals surface area contributed by atoms with E-state index in [-0.39, 0.29) is 6.09 Å². The Balaban J connectivity index is 1.62. The summed E-state index contributed by atoms with van der Waals surface area (Å²) in [6.07, 6.45) is 7.29. The molecule has 1 N–H and O–H groups in total. The molecule has 2 aliphatic carbocycles. The number of hydrogen-bond acceptors (Lipinski definition) is 3. The number of nitrogens with one attached hydrogen (secondary N) is 1. The molecule has 3 aliphatic rings. The number of carbonyl (C=O) groups is 1. The summed E-state index contributed by atoms with van der Waals surface area (Å²) in [6, 6.07) is 1.70. The summed E-state index contributed by atoms with van der Waals surface area (Å²) in [5.74, 6) is 1.45. The minimum absolute atomic E-state index is 0.111. The lowest BCUT2D eigenvalue weighted by molar-refractivity contribution is 0.0166. The zero-order valence-corrected chi connectivity index (χ0v) is 14.6. The first-order valence-electron chi connectivity index (χ1n) is 9.11. The molecule has 0 spiro atoms. The lowest BCUT2D eigenvalue weighted by Crippen LogP contribution is -2.48. The van der Waals surface area contributed by atoms with E-state index in [0.717, 1.165) is 31.3 Å². The van der Waals surface area contributed by atoms with E-state index >= 15 is 0 Å². The van der Waals surface area contributed by atoms with Gasteiger partial charge >= 0.3 is 6.09 Å². The average Bonchev–Trinajstić information content (AvgIpc) is 2.83. The maximum atomic E-state index is 12.5. The molecule has 5 unspecified atom stereocenters. The van der Waals surface area contributed by atoms with Crippen molar-refractivity contribution in [1.82, 2.24) is 10.2 Å². The van der Waals surface area contributed by atoms with Crippen molar-refractivity contribution < 1.29 is 9.53 Å². The molecule has 0 aromatic carbocycles. The van der Waals surface area contributed by atoms with Gasteiger partial charge in [-0.15, -0.1) is 0 Å². The summed E-state index contributed by atoms with van der Waals surface area (Å²) in [7, 11) is 0. The highest BCUT2D eigenvalue weighted by Gasteiger charge is 2.44. The summed E-state index contributed by atoms with van der Waals surface area (Å²) in [5.41, 5.74) is -0.402. The second-order valence-corrected chi connectivity index (χ2v) is 8.57. The topological polar surface area (TPSA) is 41.6 Å². The van der Waals surface area contributed by atoms with Crippen LogP contribution in [0, 0.1) is 11.8 Å². The quantitative estimate of drug-likeness (QED) is 0.867. The van der Waals surface area contributed by atoms with Crippen molar-refractivity contribution in [2.45, 2.75) is 89.9 Å². The van der Waals surface area contributed by atoms with Gasteiger partial charge in [0.1, 0.15) is 5.60 Å². The van der Waals surface area contributed by atoms with Gasteiger partial charge < -0.3 is 15.0 Å². The molecule has 1 aliphatic heterocycles. The molecule has 0 aromatic heterocycles. The summed E-state index contributed by atoms with van der Waals surface area (Å²) in [5, 5.41) is 3.86. The van der Waals surface area contributed by atoms with Crippen LogP contribution >= 0.6 is 0 Å². The van der Waals surface area contributed by atoms with Crippen molar-refractivity contribution in [2.24, 2.45) is 11.8 Å². The first-order valence-corrected chi connectivity index (χ1v) is 9.11. The Morgan fingerprint density at radius 3 is 2.50 bits per heavy atom. The summed E-state index contributed by atoms with van der Waals surface area (Å²) < 4.78 is 5.62. The number of rotatable bonds is 3. The van der Waals surface area contributed by atoms with E-state index in [9.17, 15) is 4.79 Å². The normalized spacial score (nSPS) is 38.4. The lowest BCUT2D eigenvalue weighted by Gasteiger charge is -2.34. The number of ether oxygens (including phenoxy) is 1. The SMILES string of the molecule is CC1CC1NC1CCCC1C1CCCN1C(=O)OC(C)(C)C. The van der Waals surface area contributed by atoms with Crippen molar-refractivity contribution >= 4 is 6.09 Å². The Bertz CT molecular complexity index is 418. The highest BCUT2D eigenvalue weighted by atomic mass is 16.6. The van der Waals surface area contributed by atoms with Crippen LogP contribution in [-0.2, 0) is 4.74 Å². The molecule has 0 aromatic rings. The van der Waals surface area contributed by atoms with Gasteiger partial charge in [-0.3, -0.25) is 0 Å². The first-order chi connectivity index (χ1) is 10.3. The van der Waals surface area contributed by atoms with Crippen LogP contribution in [-0.4, -0.2) is 41.3 Å². The molecular formula is C18H32N2O2. The van der Waals surface area contributed by atoms with Crippen molar-refractivity contribution in [2.75, 3.05) is 6.54 Å². The van der Waals surface area contributed by atoms with Crippen LogP contribution in [0.5, 0.6) is 0 Å². The Labute approximate surface area is 135 Å². The largest absolute Gasteiger partial charge is 0.444 e. The maximum Gasteiger partial charge on any atom is 0.410 e. The minimum Gasteiger partial charge on any atom is -0.444 e. The Kier molecular flexibility index (Phi) is 4.41. The van der Waals surface area contributed by atoms with E-state index in [4.69, 9.17) is 4.74 Å². The molecule has 1 amide bonds. The molecule has 4 nitrogen and oxygen atoms in total.